The molecule has 0 saturated carbocycles. The molecule has 0 aliphatic rings. The van der Waals surface area contributed by atoms with E-state index in [9.17, 15) is 4.79 Å². The van der Waals surface area contributed by atoms with Gasteiger partial charge < -0.3 is 10.3 Å². The number of carbonyl (C=O) groups is 1. The Balaban J connectivity index is 1.57. The lowest BCUT2D eigenvalue weighted by molar-refractivity contribution is -0.121. The molecule has 27 heavy (non-hydrogen) atoms. The predicted octanol–water partition coefficient (Wildman–Crippen LogP) is 4.17. The van der Waals surface area contributed by atoms with E-state index < -0.39 is 0 Å². The summed E-state index contributed by atoms with van der Waals surface area (Å²) in [6, 6.07) is 17.6. The average molecular weight is 358 g/mol. The molecule has 0 aliphatic heterocycles. The van der Waals surface area contributed by atoms with E-state index in [0.717, 1.165) is 33.3 Å². The van der Waals surface area contributed by atoms with E-state index in [2.05, 4.69) is 34.1 Å². The monoisotopic (exact) mass is 358 g/mol. The number of imidazole rings is 1. The molecule has 1 amide bonds. The summed E-state index contributed by atoms with van der Waals surface area (Å²) in [7, 11) is 0. The number of aromatic amines is 1. The Hall–Kier alpha value is -3.21. The summed E-state index contributed by atoms with van der Waals surface area (Å²) in [4.78, 5) is 25.2. The highest BCUT2D eigenvalue weighted by molar-refractivity contribution is 5.87. The molecular weight excluding hydrogens is 336 g/mol. The van der Waals surface area contributed by atoms with Gasteiger partial charge in [0, 0.05) is 11.6 Å². The summed E-state index contributed by atoms with van der Waals surface area (Å²) in [5.74, 6) is 0.961. The normalized spacial score (nSPS) is 12.6. The van der Waals surface area contributed by atoms with Crippen LogP contribution >= 0.6 is 0 Å². The summed E-state index contributed by atoms with van der Waals surface area (Å²) in [6.07, 6.45) is 2.05. The van der Waals surface area contributed by atoms with Crippen LogP contribution in [0, 0.1) is 5.92 Å². The van der Waals surface area contributed by atoms with Gasteiger partial charge in [0.15, 0.2) is 0 Å². The minimum atomic E-state index is -0.173. The number of fused-ring (bicyclic) bond motifs is 2. The van der Waals surface area contributed by atoms with Crippen molar-refractivity contribution >= 4 is 27.8 Å². The van der Waals surface area contributed by atoms with Crippen molar-refractivity contribution in [2.75, 3.05) is 0 Å². The van der Waals surface area contributed by atoms with Crippen molar-refractivity contribution < 1.29 is 4.79 Å². The zero-order chi connectivity index (χ0) is 18.8. The van der Waals surface area contributed by atoms with Crippen molar-refractivity contribution in [3.05, 3.63) is 72.2 Å². The molecule has 0 radical (unpaired) electrons. The van der Waals surface area contributed by atoms with Gasteiger partial charge in [-0.25, -0.2) is 4.98 Å². The Morgan fingerprint density at radius 2 is 1.89 bits per heavy atom. The number of H-pyrrole nitrogens is 1. The summed E-state index contributed by atoms with van der Waals surface area (Å²) in [5, 5.41) is 4.19. The van der Waals surface area contributed by atoms with Gasteiger partial charge in [-0.2, -0.15) is 0 Å². The molecule has 0 bridgehead atoms. The van der Waals surface area contributed by atoms with Crippen LogP contribution in [0.4, 0.5) is 0 Å². The van der Waals surface area contributed by atoms with Crippen LogP contribution in [0.5, 0.6) is 0 Å². The fraction of sp³-hybridized carbons (Fsp3) is 0.227. The van der Waals surface area contributed by atoms with Gasteiger partial charge in [0.05, 0.1) is 29.0 Å². The van der Waals surface area contributed by atoms with Crippen LogP contribution in [0.1, 0.15) is 31.3 Å². The van der Waals surface area contributed by atoms with Gasteiger partial charge in [0.25, 0.3) is 0 Å². The minimum Gasteiger partial charge on any atom is -0.346 e. The third kappa shape index (κ3) is 3.53. The highest BCUT2D eigenvalue weighted by Crippen LogP contribution is 2.23. The van der Waals surface area contributed by atoms with Gasteiger partial charge in [-0.05, 0) is 29.7 Å². The molecule has 0 fully saturated rings. The first-order valence-electron chi connectivity index (χ1n) is 9.18. The zero-order valence-electron chi connectivity index (χ0n) is 15.4. The first-order chi connectivity index (χ1) is 13.1. The summed E-state index contributed by atoms with van der Waals surface area (Å²) < 4.78 is 0. The third-order valence-corrected chi connectivity index (χ3v) is 4.75. The number of nitrogens with one attached hydrogen (secondary N) is 2. The van der Waals surface area contributed by atoms with Crippen molar-refractivity contribution in [1.82, 2.24) is 20.3 Å². The topological polar surface area (TPSA) is 70.7 Å². The number of hydrogen-bond donors (Lipinski definition) is 2. The van der Waals surface area contributed by atoms with Crippen molar-refractivity contribution in [2.24, 2.45) is 5.92 Å². The van der Waals surface area contributed by atoms with Gasteiger partial charge >= 0.3 is 0 Å². The van der Waals surface area contributed by atoms with Crippen LogP contribution in [0.2, 0.25) is 0 Å². The standard InChI is InChI=1S/C22H22N4O/c1-14(2)20(22-24-17-10-3-4-11-18(17)25-22)26-19(27)13-16-8-5-7-15-9-6-12-23-21(15)16/h3-12,14,20H,13H2,1-2H3,(H,24,25)(H,26,27). The number of para-hydroxylation sites is 3. The Bertz CT molecular complexity index is 1060. The second kappa shape index (κ2) is 7.19. The van der Waals surface area contributed by atoms with Crippen molar-refractivity contribution in [1.29, 1.82) is 0 Å². The highest BCUT2D eigenvalue weighted by Gasteiger charge is 2.22. The van der Waals surface area contributed by atoms with Crippen molar-refractivity contribution in [3.8, 4) is 0 Å². The van der Waals surface area contributed by atoms with E-state index in [1.165, 1.54) is 0 Å². The molecule has 2 aromatic carbocycles. The number of hydrogen-bond acceptors (Lipinski definition) is 3. The molecule has 1 unspecified atom stereocenters. The SMILES string of the molecule is CC(C)C(NC(=O)Cc1cccc2cccnc12)c1nc2ccccc2[nH]1. The maximum Gasteiger partial charge on any atom is 0.225 e. The second-order valence-corrected chi connectivity index (χ2v) is 7.10. The Kier molecular flexibility index (Phi) is 4.59. The minimum absolute atomic E-state index is 0.0349. The lowest BCUT2D eigenvalue weighted by Gasteiger charge is -2.20. The van der Waals surface area contributed by atoms with Crippen LogP contribution in [-0.4, -0.2) is 20.9 Å². The van der Waals surface area contributed by atoms with Gasteiger partial charge in [-0.15, -0.1) is 0 Å². The van der Waals surface area contributed by atoms with E-state index in [1.54, 1.807) is 6.20 Å². The first kappa shape index (κ1) is 17.2. The first-order valence-corrected chi connectivity index (χ1v) is 9.18. The van der Waals surface area contributed by atoms with Gasteiger partial charge in [-0.1, -0.05) is 50.2 Å². The molecule has 4 aromatic rings. The Labute approximate surface area is 157 Å². The molecule has 2 N–H and O–H groups in total. The zero-order valence-corrected chi connectivity index (χ0v) is 15.4. The van der Waals surface area contributed by atoms with Crippen molar-refractivity contribution in [3.63, 3.8) is 0 Å². The van der Waals surface area contributed by atoms with E-state index in [-0.39, 0.29) is 24.3 Å². The molecule has 0 saturated heterocycles. The number of amides is 1. The van der Waals surface area contributed by atoms with Crippen LogP contribution < -0.4 is 5.32 Å². The van der Waals surface area contributed by atoms with E-state index in [4.69, 9.17) is 0 Å². The quantitative estimate of drug-likeness (QED) is 0.562. The van der Waals surface area contributed by atoms with E-state index in [0.29, 0.717) is 0 Å². The molecular formula is C22H22N4O. The second-order valence-electron chi connectivity index (χ2n) is 7.10. The Morgan fingerprint density at radius 3 is 2.70 bits per heavy atom. The number of carbonyl (C=O) groups excluding carboxylic acids is 1. The number of benzene rings is 2. The summed E-state index contributed by atoms with van der Waals surface area (Å²) >= 11 is 0. The molecule has 0 spiro atoms. The highest BCUT2D eigenvalue weighted by atomic mass is 16.1. The van der Waals surface area contributed by atoms with Gasteiger partial charge in [0.1, 0.15) is 5.82 Å². The number of pyridine rings is 1. The largest absolute Gasteiger partial charge is 0.346 e. The van der Waals surface area contributed by atoms with Gasteiger partial charge in [0.2, 0.25) is 5.91 Å². The maximum absolute atomic E-state index is 12.8. The van der Waals surface area contributed by atoms with Crippen LogP contribution in [0.3, 0.4) is 0 Å². The third-order valence-electron chi connectivity index (χ3n) is 4.75. The fourth-order valence-electron chi connectivity index (χ4n) is 3.38. The number of nitrogens with zero attached hydrogens (tertiary/aromatic N) is 2. The van der Waals surface area contributed by atoms with Crippen LogP contribution in [-0.2, 0) is 11.2 Å². The molecule has 5 nitrogen and oxygen atoms in total. The molecule has 136 valence electrons. The molecule has 5 heteroatoms. The average Bonchev–Trinajstić information content (AvgIpc) is 3.10. The molecule has 0 aliphatic carbocycles. The number of aromatic nitrogens is 3. The van der Waals surface area contributed by atoms with Crippen LogP contribution in [0.25, 0.3) is 21.9 Å². The fourth-order valence-corrected chi connectivity index (χ4v) is 3.38. The molecule has 2 aromatic heterocycles. The number of rotatable bonds is 5. The summed E-state index contributed by atoms with van der Waals surface area (Å²) in [6.45, 7) is 4.16. The summed E-state index contributed by atoms with van der Waals surface area (Å²) in [5.41, 5.74) is 3.69. The molecule has 1 atom stereocenters. The Morgan fingerprint density at radius 1 is 1.07 bits per heavy atom. The van der Waals surface area contributed by atoms with Crippen molar-refractivity contribution in [2.45, 2.75) is 26.3 Å². The lowest BCUT2D eigenvalue weighted by Crippen LogP contribution is -2.33. The van der Waals surface area contributed by atoms with Gasteiger partial charge in [-0.3, -0.25) is 9.78 Å². The molecule has 2 heterocycles. The van der Waals surface area contributed by atoms with E-state index in [1.807, 2.05) is 54.6 Å². The van der Waals surface area contributed by atoms with Crippen LogP contribution in [0.15, 0.2) is 60.8 Å². The predicted molar refractivity (Wildman–Crippen MR) is 107 cm³/mol. The smallest absolute Gasteiger partial charge is 0.225 e. The maximum atomic E-state index is 12.8. The van der Waals surface area contributed by atoms with E-state index >= 15 is 0 Å². The lowest BCUT2D eigenvalue weighted by atomic mass is 10.0. The molecule has 4 rings (SSSR count).